The number of pyridine rings is 2. The zero-order valence-corrected chi connectivity index (χ0v) is 12.6. The number of hydrogen-bond acceptors (Lipinski definition) is 4. The Morgan fingerprint density at radius 3 is 2.71 bits per heavy atom. The molecular formula is C16H20N4O. The van der Waals surface area contributed by atoms with Gasteiger partial charge in [0.25, 0.3) is 5.91 Å². The first kappa shape index (κ1) is 15.0. The van der Waals surface area contributed by atoms with Gasteiger partial charge in [0.15, 0.2) is 0 Å². The highest BCUT2D eigenvalue weighted by atomic mass is 16.2. The average molecular weight is 284 g/mol. The summed E-state index contributed by atoms with van der Waals surface area (Å²) in [6, 6.07) is 9.07. The molecule has 110 valence electrons. The molecule has 0 saturated heterocycles. The second kappa shape index (κ2) is 6.35. The quantitative estimate of drug-likeness (QED) is 0.936. The summed E-state index contributed by atoms with van der Waals surface area (Å²) in [6.07, 6.45) is 1.72. The Hall–Kier alpha value is -2.43. The molecule has 5 heteroatoms. The number of carbonyl (C=O) groups excluding carboxylic acids is 1. The van der Waals surface area contributed by atoms with Gasteiger partial charge in [0.2, 0.25) is 0 Å². The molecule has 0 unspecified atom stereocenters. The van der Waals surface area contributed by atoms with Crippen LogP contribution < -0.4 is 5.73 Å². The summed E-state index contributed by atoms with van der Waals surface area (Å²) in [5.41, 5.74) is 8.02. The molecule has 2 aromatic rings. The molecule has 0 saturated carbocycles. The lowest BCUT2D eigenvalue weighted by molar-refractivity contribution is 0.0783. The van der Waals surface area contributed by atoms with E-state index in [1.54, 1.807) is 30.3 Å². The summed E-state index contributed by atoms with van der Waals surface area (Å²) >= 11 is 0. The summed E-state index contributed by atoms with van der Waals surface area (Å²) in [7, 11) is 1.75. The number of carbonyl (C=O) groups is 1. The minimum absolute atomic E-state index is 0.0864. The maximum absolute atomic E-state index is 12.5. The molecule has 2 N–H and O–H groups in total. The van der Waals surface area contributed by atoms with Crippen molar-refractivity contribution in [2.75, 3.05) is 12.8 Å². The number of anilines is 1. The lowest BCUT2D eigenvalue weighted by Crippen LogP contribution is -2.27. The van der Waals surface area contributed by atoms with E-state index in [9.17, 15) is 4.79 Å². The van der Waals surface area contributed by atoms with Crippen molar-refractivity contribution >= 4 is 11.7 Å². The molecule has 0 fully saturated rings. The minimum Gasteiger partial charge on any atom is -0.384 e. The third-order valence-corrected chi connectivity index (χ3v) is 3.18. The Balaban J connectivity index is 2.19. The molecule has 21 heavy (non-hydrogen) atoms. The molecule has 0 spiro atoms. The van der Waals surface area contributed by atoms with E-state index < -0.39 is 0 Å². The molecular weight excluding hydrogens is 264 g/mol. The summed E-state index contributed by atoms with van der Waals surface area (Å²) in [5, 5.41) is 0. The first-order chi connectivity index (χ1) is 9.97. The molecule has 2 heterocycles. The number of nitrogens with two attached hydrogens (primary N) is 1. The van der Waals surface area contributed by atoms with Crippen LogP contribution in [0.1, 0.15) is 41.5 Å². The van der Waals surface area contributed by atoms with Crippen molar-refractivity contribution in [2.24, 2.45) is 0 Å². The molecule has 0 aliphatic carbocycles. The SMILES string of the molecule is CC(C)c1cc(C(=O)N(C)Cc2ccccn2)cc(N)n1. The fourth-order valence-electron chi connectivity index (χ4n) is 2.02. The van der Waals surface area contributed by atoms with Crippen LogP contribution in [0.25, 0.3) is 0 Å². The summed E-state index contributed by atoms with van der Waals surface area (Å²) in [5.74, 6) is 0.508. The predicted molar refractivity (Wildman–Crippen MR) is 82.8 cm³/mol. The topological polar surface area (TPSA) is 72.1 Å². The average Bonchev–Trinajstić information content (AvgIpc) is 2.46. The summed E-state index contributed by atoms with van der Waals surface area (Å²) in [6.45, 7) is 4.50. The van der Waals surface area contributed by atoms with Crippen LogP contribution in [0.5, 0.6) is 0 Å². The summed E-state index contributed by atoms with van der Waals surface area (Å²) < 4.78 is 0. The van der Waals surface area contributed by atoms with Crippen molar-refractivity contribution in [3.63, 3.8) is 0 Å². The van der Waals surface area contributed by atoms with Crippen molar-refractivity contribution < 1.29 is 4.79 Å². The largest absolute Gasteiger partial charge is 0.384 e. The van der Waals surface area contributed by atoms with Crippen molar-refractivity contribution in [3.8, 4) is 0 Å². The number of rotatable bonds is 4. The van der Waals surface area contributed by atoms with Gasteiger partial charge in [0, 0.05) is 24.5 Å². The Kier molecular flexibility index (Phi) is 4.52. The van der Waals surface area contributed by atoms with Crippen LogP contribution in [0, 0.1) is 0 Å². The lowest BCUT2D eigenvalue weighted by Gasteiger charge is -2.18. The molecule has 5 nitrogen and oxygen atoms in total. The Bertz CT molecular complexity index is 625. The molecule has 0 atom stereocenters. The van der Waals surface area contributed by atoms with E-state index >= 15 is 0 Å². The van der Waals surface area contributed by atoms with Crippen LogP contribution in [-0.4, -0.2) is 27.8 Å². The minimum atomic E-state index is -0.0864. The Morgan fingerprint density at radius 1 is 1.33 bits per heavy atom. The van der Waals surface area contributed by atoms with Crippen LogP contribution in [0.2, 0.25) is 0 Å². The number of nitrogens with zero attached hydrogens (tertiary/aromatic N) is 3. The van der Waals surface area contributed by atoms with Crippen LogP contribution >= 0.6 is 0 Å². The monoisotopic (exact) mass is 284 g/mol. The van der Waals surface area contributed by atoms with Gasteiger partial charge in [0.05, 0.1) is 12.2 Å². The van der Waals surface area contributed by atoms with Crippen LogP contribution in [0.4, 0.5) is 5.82 Å². The van der Waals surface area contributed by atoms with Gasteiger partial charge in [-0.1, -0.05) is 19.9 Å². The maximum Gasteiger partial charge on any atom is 0.254 e. The number of nitrogen functional groups attached to an aromatic ring is 1. The van der Waals surface area contributed by atoms with Gasteiger partial charge >= 0.3 is 0 Å². The first-order valence-electron chi connectivity index (χ1n) is 6.90. The third-order valence-electron chi connectivity index (χ3n) is 3.18. The first-order valence-corrected chi connectivity index (χ1v) is 6.90. The summed E-state index contributed by atoms with van der Waals surface area (Å²) in [4.78, 5) is 22.6. The van der Waals surface area contributed by atoms with Crippen molar-refractivity contribution in [3.05, 3.63) is 53.5 Å². The van der Waals surface area contributed by atoms with E-state index in [-0.39, 0.29) is 11.8 Å². The van der Waals surface area contributed by atoms with Gasteiger partial charge in [0.1, 0.15) is 5.82 Å². The Labute approximate surface area is 124 Å². The van der Waals surface area contributed by atoms with Gasteiger partial charge in [-0.25, -0.2) is 4.98 Å². The zero-order chi connectivity index (χ0) is 15.4. The van der Waals surface area contributed by atoms with Gasteiger partial charge in [-0.3, -0.25) is 9.78 Å². The van der Waals surface area contributed by atoms with Gasteiger partial charge in [-0.15, -0.1) is 0 Å². The number of aromatic nitrogens is 2. The van der Waals surface area contributed by atoms with E-state index in [0.29, 0.717) is 17.9 Å². The van der Waals surface area contributed by atoms with Crippen LogP contribution in [-0.2, 0) is 6.54 Å². The molecule has 0 aliphatic rings. The van der Waals surface area contributed by atoms with Gasteiger partial charge in [-0.2, -0.15) is 0 Å². The molecule has 1 amide bonds. The second-order valence-corrected chi connectivity index (χ2v) is 5.34. The molecule has 2 aromatic heterocycles. The number of amides is 1. The standard InChI is InChI=1S/C16H20N4O/c1-11(2)14-8-12(9-15(17)19-14)16(21)20(3)10-13-6-4-5-7-18-13/h4-9,11H,10H2,1-3H3,(H2,17,19). The predicted octanol–water partition coefficient (Wildman–Crippen LogP) is 2.45. The van der Waals surface area contributed by atoms with E-state index in [4.69, 9.17) is 5.73 Å². The lowest BCUT2D eigenvalue weighted by atomic mass is 10.1. The van der Waals surface area contributed by atoms with E-state index in [0.717, 1.165) is 11.4 Å². The van der Waals surface area contributed by atoms with Crippen LogP contribution in [0.3, 0.4) is 0 Å². The number of hydrogen-bond donors (Lipinski definition) is 1. The van der Waals surface area contributed by atoms with Crippen molar-refractivity contribution in [1.29, 1.82) is 0 Å². The maximum atomic E-state index is 12.5. The smallest absolute Gasteiger partial charge is 0.254 e. The van der Waals surface area contributed by atoms with E-state index in [1.165, 1.54) is 0 Å². The van der Waals surface area contributed by atoms with Crippen molar-refractivity contribution in [1.82, 2.24) is 14.9 Å². The highest BCUT2D eigenvalue weighted by Gasteiger charge is 2.15. The fraction of sp³-hybridized carbons (Fsp3) is 0.312. The molecule has 0 bridgehead atoms. The highest BCUT2D eigenvalue weighted by Crippen LogP contribution is 2.17. The Morgan fingerprint density at radius 2 is 2.10 bits per heavy atom. The van der Waals surface area contributed by atoms with Gasteiger partial charge < -0.3 is 10.6 Å². The normalized spacial score (nSPS) is 10.7. The van der Waals surface area contributed by atoms with Gasteiger partial charge in [-0.05, 0) is 30.2 Å². The third kappa shape index (κ3) is 3.78. The van der Waals surface area contributed by atoms with E-state index in [2.05, 4.69) is 9.97 Å². The van der Waals surface area contributed by atoms with Crippen LogP contribution in [0.15, 0.2) is 36.5 Å². The molecule has 0 aliphatic heterocycles. The zero-order valence-electron chi connectivity index (χ0n) is 12.6. The molecule has 2 rings (SSSR count). The van der Waals surface area contributed by atoms with Crippen molar-refractivity contribution in [2.45, 2.75) is 26.3 Å². The molecule has 0 radical (unpaired) electrons. The second-order valence-electron chi connectivity index (χ2n) is 5.34. The fourth-order valence-corrected chi connectivity index (χ4v) is 2.02. The molecule has 0 aromatic carbocycles. The van der Waals surface area contributed by atoms with E-state index in [1.807, 2.05) is 32.0 Å². The highest BCUT2D eigenvalue weighted by molar-refractivity contribution is 5.94.